The summed E-state index contributed by atoms with van der Waals surface area (Å²) < 4.78 is 4.78. The highest BCUT2D eigenvalue weighted by molar-refractivity contribution is 6.30. The predicted octanol–water partition coefficient (Wildman–Crippen LogP) is 2.49. The maximum Gasteiger partial charge on any atom is 0.129 e. The van der Waals surface area contributed by atoms with E-state index in [1.807, 2.05) is 12.1 Å². The topological polar surface area (TPSA) is 46.3 Å². The Hall–Kier alpha value is -1.32. The van der Waals surface area contributed by atoms with Gasteiger partial charge in [0.05, 0.1) is 6.61 Å². The van der Waals surface area contributed by atoms with Gasteiger partial charge >= 0.3 is 0 Å². The number of aliphatic hydroxyl groups excluding tert-OH is 1. The number of hydrogen-bond donors (Lipinski definition) is 1. The fourth-order valence-corrected chi connectivity index (χ4v) is 1.34. The van der Waals surface area contributed by atoms with Crippen molar-refractivity contribution >= 4 is 11.6 Å². The third-order valence-electron chi connectivity index (χ3n) is 1.93. The monoisotopic (exact) mass is 209 g/mol. The maximum atomic E-state index is 9.00. The first-order valence-corrected chi connectivity index (χ1v) is 4.49. The summed E-state index contributed by atoms with van der Waals surface area (Å²) in [6.07, 6.45) is 1.43. The molecule has 14 heavy (non-hydrogen) atoms. The summed E-state index contributed by atoms with van der Waals surface area (Å²) in [5.41, 5.74) is 2.21. The Balaban J connectivity index is 2.44. The van der Waals surface area contributed by atoms with Crippen LogP contribution >= 0.6 is 11.6 Å². The Kier molecular flexibility index (Phi) is 2.52. The number of aliphatic hydroxyl groups is 1. The van der Waals surface area contributed by atoms with Crippen LogP contribution in [0.25, 0.3) is 11.3 Å². The van der Waals surface area contributed by atoms with Gasteiger partial charge in [-0.25, -0.2) is 0 Å². The summed E-state index contributed by atoms with van der Waals surface area (Å²) in [5.74, 6) is 0. The Bertz CT molecular complexity index is 422. The quantitative estimate of drug-likeness (QED) is 0.827. The van der Waals surface area contributed by atoms with Crippen LogP contribution in [0, 0.1) is 0 Å². The van der Waals surface area contributed by atoms with Gasteiger partial charge < -0.3 is 9.63 Å². The average molecular weight is 210 g/mol. The second-order valence-corrected chi connectivity index (χ2v) is 3.29. The summed E-state index contributed by atoms with van der Waals surface area (Å²) >= 11 is 5.75. The molecule has 3 nitrogen and oxygen atoms in total. The van der Waals surface area contributed by atoms with Crippen LogP contribution < -0.4 is 0 Å². The minimum absolute atomic E-state index is 0.0819. The third-order valence-corrected chi connectivity index (χ3v) is 2.18. The molecular formula is C10H8ClNO2. The zero-order chi connectivity index (χ0) is 9.97. The molecule has 0 radical (unpaired) electrons. The van der Waals surface area contributed by atoms with Gasteiger partial charge in [-0.1, -0.05) is 28.9 Å². The van der Waals surface area contributed by atoms with Crippen LogP contribution in [0.4, 0.5) is 0 Å². The summed E-state index contributed by atoms with van der Waals surface area (Å²) in [6, 6.07) is 7.21. The maximum absolute atomic E-state index is 9.00. The predicted molar refractivity (Wildman–Crippen MR) is 52.9 cm³/mol. The van der Waals surface area contributed by atoms with Gasteiger partial charge in [0.25, 0.3) is 0 Å². The van der Waals surface area contributed by atoms with E-state index in [0.717, 1.165) is 5.56 Å². The first-order valence-electron chi connectivity index (χ1n) is 4.11. The van der Waals surface area contributed by atoms with Crippen LogP contribution in [0.2, 0.25) is 5.02 Å². The molecule has 0 unspecified atom stereocenters. The molecule has 0 amide bonds. The van der Waals surface area contributed by atoms with Crippen molar-refractivity contribution in [3.05, 3.63) is 41.1 Å². The minimum atomic E-state index is -0.0819. The van der Waals surface area contributed by atoms with Gasteiger partial charge in [0.1, 0.15) is 12.0 Å². The van der Waals surface area contributed by atoms with E-state index in [4.69, 9.17) is 21.2 Å². The first kappa shape index (κ1) is 9.24. The van der Waals surface area contributed by atoms with Crippen LogP contribution in [0.3, 0.4) is 0 Å². The molecule has 0 saturated carbocycles. The van der Waals surface area contributed by atoms with E-state index < -0.39 is 0 Å². The number of aromatic nitrogens is 1. The zero-order valence-electron chi connectivity index (χ0n) is 7.27. The van der Waals surface area contributed by atoms with Gasteiger partial charge in [-0.2, -0.15) is 0 Å². The fourth-order valence-electron chi connectivity index (χ4n) is 1.22. The highest BCUT2D eigenvalue weighted by Crippen LogP contribution is 2.23. The molecule has 0 bridgehead atoms. The Morgan fingerprint density at radius 1 is 1.29 bits per heavy atom. The first-order chi connectivity index (χ1) is 6.81. The van der Waals surface area contributed by atoms with Crippen molar-refractivity contribution < 1.29 is 9.63 Å². The highest BCUT2D eigenvalue weighted by atomic mass is 35.5. The SMILES string of the molecule is OCc1conc1-c1ccc(Cl)cc1. The molecule has 0 saturated heterocycles. The molecular weight excluding hydrogens is 202 g/mol. The molecule has 0 fully saturated rings. The molecule has 2 rings (SSSR count). The van der Waals surface area contributed by atoms with Crippen molar-refractivity contribution in [1.82, 2.24) is 5.16 Å². The van der Waals surface area contributed by atoms with E-state index in [-0.39, 0.29) is 6.61 Å². The van der Waals surface area contributed by atoms with Gasteiger partial charge in [-0.15, -0.1) is 0 Å². The van der Waals surface area contributed by atoms with E-state index in [0.29, 0.717) is 16.3 Å². The molecule has 2 aromatic rings. The Labute approximate surface area is 85.9 Å². The third kappa shape index (κ3) is 1.64. The van der Waals surface area contributed by atoms with Gasteiger partial charge in [0, 0.05) is 16.1 Å². The molecule has 0 spiro atoms. The Morgan fingerprint density at radius 2 is 2.00 bits per heavy atom. The summed E-state index contributed by atoms with van der Waals surface area (Å²) in [4.78, 5) is 0. The normalized spacial score (nSPS) is 10.4. The lowest BCUT2D eigenvalue weighted by Gasteiger charge is -1.97. The standard InChI is InChI=1S/C10H8ClNO2/c11-9-3-1-7(2-4-9)10-8(5-13)6-14-12-10/h1-4,6,13H,5H2. The van der Waals surface area contributed by atoms with Crippen LogP contribution in [0.15, 0.2) is 35.1 Å². The van der Waals surface area contributed by atoms with E-state index in [9.17, 15) is 0 Å². The smallest absolute Gasteiger partial charge is 0.129 e. The summed E-state index contributed by atoms with van der Waals surface area (Å²) in [6.45, 7) is -0.0819. The lowest BCUT2D eigenvalue weighted by molar-refractivity contribution is 0.280. The molecule has 0 atom stereocenters. The van der Waals surface area contributed by atoms with E-state index >= 15 is 0 Å². The lowest BCUT2D eigenvalue weighted by atomic mass is 10.1. The van der Waals surface area contributed by atoms with Crippen molar-refractivity contribution in [3.63, 3.8) is 0 Å². The second kappa shape index (κ2) is 3.82. The van der Waals surface area contributed by atoms with Crippen LogP contribution in [0.1, 0.15) is 5.56 Å². The molecule has 72 valence electrons. The van der Waals surface area contributed by atoms with Gasteiger partial charge in [0.2, 0.25) is 0 Å². The van der Waals surface area contributed by atoms with Gasteiger partial charge in [-0.05, 0) is 12.1 Å². The van der Waals surface area contributed by atoms with Crippen LogP contribution in [-0.4, -0.2) is 10.3 Å². The molecule has 4 heteroatoms. The number of rotatable bonds is 2. The highest BCUT2D eigenvalue weighted by Gasteiger charge is 2.08. The fraction of sp³-hybridized carbons (Fsp3) is 0.100. The van der Waals surface area contributed by atoms with Crippen molar-refractivity contribution in [3.8, 4) is 11.3 Å². The molecule has 1 heterocycles. The molecule has 0 aliphatic carbocycles. The van der Waals surface area contributed by atoms with E-state index in [2.05, 4.69) is 5.16 Å². The minimum Gasteiger partial charge on any atom is -0.391 e. The number of benzene rings is 1. The molecule has 0 aliphatic heterocycles. The molecule has 1 aromatic heterocycles. The zero-order valence-corrected chi connectivity index (χ0v) is 8.03. The van der Waals surface area contributed by atoms with Crippen LogP contribution in [0.5, 0.6) is 0 Å². The second-order valence-electron chi connectivity index (χ2n) is 2.85. The van der Waals surface area contributed by atoms with Crippen molar-refractivity contribution in [2.24, 2.45) is 0 Å². The van der Waals surface area contributed by atoms with Gasteiger partial charge in [-0.3, -0.25) is 0 Å². The van der Waals surface area contributed by atoms with Crippen LogP contribution in [-0.2, 0) is 6.61 Å². The molecule has 0 aliphatic rings. The van der Waals surface area contributed by atoms with Gasteiger partial charge in [0.15, 0.2) is 0 Å². The number of halogens is 1. The Morgan fingerprint density at radius 3 is 2.64 bits per heavy atom. The molecule has 1 N–H and O–H groups in total. The van der Waals surface area contributed by atoms with Crippen molar-refractivity contribution in [2.75, 3.05) is 0 Å². The van der Waals surface area contributed by atoms with E-state index in [1.165, 1.54) is 6.26 Å². The summed E-state index contributed by atoms with van der Waals surface area (Å²) in [7, 11) is 0. The van der Waals surface area contributed by atoms with Crippen molar-refractivity contribution in [1.29, 1.82) is 0 Å². The van der Waals surface area contributed by atoms with Crippen molar-refractivity contribution in [2.45, 2.75) is 6.61 Å². The summed E-state index contributed by atoms with van der Waals surface area (Å²) in [5, 5.41) is 13.5. The number of hydrogen-bond acceptors (Lipinski definition) is 3. The number of nitrogens with zero attached hydrogens (tertiary/aromatic N) is 1. The van der Waals surface area contributed by atoms with E-state index in [1.54, 1.807) is 12.1 Å². The average Bonchev–Trinajstić information content (AvgIpc) is 2.67. The molecule has 1 aromatic carbocycles. The lowest BCUT2D eigenvalue weighted by Crippen LogP contribution is -1.85. The largest absolute Gasteiger partial charge is 0.391 e.